The number of rotatable bonds is 2. The fraction of sp³-hybridized carbons (Fsp3) is 0.222. The van der Waals surface area contributed by atoms with E-state index in [4.69, 9.17) is 0 Å². The minimum atomic E-state index is -0.467. The maximum atomic E-state index is 11.1. The molecule has 4 nitrogen and oxygen atoms in total. The highest BCUT2D eigenvalue weighted by atomic mass is 32.1. The molecule has 0 radical (unpaired) electrons. The molecule has 0 atom stereocenters. The van der Waals surface area contributed by atoms with E-state index >= 15 is 0 Å². The highest BCUT2D eigenvalue weighted by molar-refractivity contribution is 7.78. The van der Waals surface area contributed by atoms with E-state index in [1.165, 1.54) is 13.3 Å². The summed E-state index contributed by atoms with van der Waals surface area (Å²) in [6.45, 7) is 1.81. The summed E-state index contributed by atoms with van der Waals surface area (Å²) in [5.41, 5.74) is 1.67. The maximum Gasteiger partial charge on any atom is 0.356 e. The number of carbonyl (C=O) groups excluding carboxylic acids is 1. The van der Waals surface area contributed by atoms with Gasteiger partial charge in [-0.25, -0.2) is 9.78 Å². The van der Waals surface area contributed by atoms with Gasteiger partial charge in [0, 0.05) is 0 Å². The number of isothiocyanates is 1. The van der Waals surface area contributed by atoms with Crippen molar-refractivity contribution in [1.29, 1.82) is 0 Å². The Kier molecular flexibility index (Phi) is 3.45. The highest BCUT2D eigenvalue weighted by Gasteiger charge is 2.08. The molecule has 0 aromatic carbocycles. The zero-order valence-electron chi connectivity index (χ0n) is 7.77. The largest absolute Gasteiger partial charge is 0.464 e. The van der Waals surface area contributed by atoms with Crippen LogP contribution in [0.1, 0.15) is 16.1 Å². The molecule has 0 unspecified atom stereocenters. The van der Waals surface area contributed by atoms with Crippen LogP contribution in [0, 0.1) is 6.92 Å². The van der Waals surface area contributed by atoms with Gasteiger partial charge in [-0.1, -0.05) is 0 Å². The predicted molar refractivity (Wildman–Crippen MR) is 55.0 cm³/mol. The van der Waals surface area contributed by atoms with E-state index in [0.29, 0.717) is 5.69 Å². The Morgan fingerprint density at radius 2 is 2.43 bits per heavy atom. The third kappa shape index (κ3) is 2.22. The van der Waals surface area contributed by atoms with Crippen molar-refractivity contribution in [2.45, 2.75) is 6.92 Å². The summed E-state index contributed by atoms with van der Waals surface area (Å²) in [4.78, 5) is 18.7. The van der Waals surface area contributed by atoms with E-state index in [9.17, 15) is 4.79 Å². The molecule has 0 saturated heterocycles. The first-order valence-corrected chi connectivity index (χ1v) is 4.22. The first kappa shape index (κ1) is 10.5. The maximum absolute atomic E-state index is 11.1. The normalized spacial score (nSPS) is 9.00. The van der Waals surface area contributed by atoms with Gasteiger partial charge in [0.05, 0.1) is 24.2 Å². The van der Waals surface area contributed by atoms with Crippen LogP contribution < -0.4 is 0 Å². The lowest BCUT2D eigenvalue weighted by molar-refractivity contribution is 0.0594. The predicted octanol–water partition coefficient (Wildman–Crippen LogP) is 1.91. The van der Waals surface area contributed by atoms with Crippen molar-refractivity contribution < 1.29 is 9.53 Å². The van der Waals surface area contributed by atoms with Crippen LogP contribution in [0.3, 0.4) is 0 Å². The van der Waals surface area contributed by atoms with Crippen LogP contribution in [0.2, 0.25) is 0 Å². The van der Waals surface area contributed by atoms with Crippen molar-refractivity contribution >= 4 is 29.0 Å². The number of aliphatic imine (C=N–C) groups is 1. The SMILES string of the molecule is COC(=O)c1cc(C)c(N=C=S)cn1. The molecule has 1 rings (SSSR count). The van der Waals surface area contributed by atoms with Crippen molar-refractivity contribution in [2.24, 2.45) is 4.99 Å². The lowest BCUT2D eigenvalue weighted by Gasteiger charge is -2.01. The number of esters is 1. The molecule has 72 valence electrons. The molecule has 5 heteroatoms. The number of methoxy groups -OCH3 is 1. The van der Waals surface area contributed by atoms with Gasteiger partial charge in [0.25, 0.3) is 0 Å². The number of thiocarbonyl (C=S) groups is 1. The molecule has 0 aliphatic rings. The average molecular weight is 208 g/mol. The van der Waals surface area contributed by atoms with Crippen molar-refractivity contribution in [3.63, 3.8) is 0 Å². The van der Waals surface area contributed by atoms with Crippen LogP contribution in [0.15, 0.2) is 17.3 Å². The molecule has 0 N–H and O–H groups in total. The van der Waals surface area contributed by atoms with E-state index in [-0.39, 0.29) is 5.69 Å². The lowest BCUT2D eigenvalue weighted by Crippen LogP contribution is -2.03. The highest BCUT2D eigenvalue weighted by Crippen LogP contribution is 2.16. The van der Waals surface area contributed by atoms with E-state index in [0.717, 1.165) is 5.56 Å². The number of aryl methyl sites for hydroxylation is 1. The molecule has 0 fully saturated rings. The smallest absolute Gasteiger partial charge is 0.356 e. The van der Waals surface area contributed by atoms with E-state index < -0.39 is 5.97 Å². The third-order valence-electron chi connectivity index (χ3n) is 1.64. The second-order valence-corrected chi connectivity index (χ2v) is 2.73. The van der Waals surface area contributed by atoms with Crippen LogP contribution in [-0.4, -0.2) is 23.2 Å². The molecule has 1 aromatic heterocycles. The number of ether oxygens (including phenoxy) is 1. The van der Waals surface area contributed by atoms with Crippen LogP contribution in [0.5, 0.6) is 0 Å². The molecule has 0 bridgehead atoms. The summed E-state index contributed by atoms with van der Waals surface area (Å²) >= 11 is 4.46. The Balaban J connectivity index is 3.12. The van der Waals surface area contributed by atoms with Gasteiger partial charge in [0.2, 0.25) is 0 Å². The first-order chi connectivity index (χ1) is 6.69. The zero-order chi connectivity index (χ0) is 10.6. The summed E-state index contributed by atoms with van der Waals surface area (Å²) in [6, 6.07) is 1.59. The minimum Gasteiger partial charge on any atom is -0.464 e. The first-order valence-electron chi connectivity index (χ1n) is 3.82. The summed E-state index contributed by atoms with van der Waals surface area (Å²) in [6.07, 6.45) is 1.46. The van der Waals surface area contributed by atoms with Gasteiger partial charge < -0.3 is 4.74 Å². The Hall–Kier alpha value is -1.58. The topological polar surface area (TPSA) is 51.5 Å². The summed E-state index contributed by atoms with van der Waals surface area (Å²) in [7, 11) is 1.31. The number of hydrogen-bond acceptors (Lipinski definition) is 5. The fourth-order valence-electron chi connectivity index (χ4n) is 0.931. The Labute approximate surface area is 86.6 Å². The van der Waals surface area contributed by atoms with Gasteiger partial charge in [-0.2, -0.15) is 4.99 Å². The van der Waals surface area contributed by atoms with Gasteiger partial charge in [-0.05, 0) is 30.8 Å². The molecule has 0 aliphatic carbocycles. The quantitative estimate of drug-likeness (QED) is 0.423. The van der Waals surface area contributed by atoms with Gasteiger partial charge in [0.15, 0.2) is 0 Å². The van der Waals surface area contributed by atoms with Gasteiger partial charge in [-0.15, -0.1) is 0 Å². The van der Waals surface area contributed by atoms with Gasteiger partial charge in [0.1, 0.15) is 5.69 Å². The molecule has 0 amide bonds. The van der Waals surface area contributed by atoms with E-state index in [1.807, 2.05) is 0 Å². The van der Waals surface area contributed by atoms with Crippen LogP contribution in [0.25, 0.3) is 0 Å². The van der Waals surface area contributed by atoms with Gasteiger partial charge >= 0.3 is 5.97 Å². The molecular formula is C9H8N2O2S. The summed E-state index contributed by atoms with van der Waals surface area (Å²) in [5, 5.41) is 2.24. The van der Waals surface area contributed by atoms with Crippen LogP contribution in [0.4, 0.5) is 5.69 Å². The lowest BCUT2D eigenvalue weighted by atomic mass is 10.2. The molecule has 1 aromatic rings. The number of hydrogen-bond donors (Lipinski definition) is 0. The number of aromatic nitrogens is 1. The molecule has 0 aliphatic heterocycles. The van der Waals surface area contributed by atoms with E-state index in [2.05, 4.69) is 32.1 Å². The fourth-order valence-corrected chi connectivity index (χ4v) is 1.03. The second kappa shape index (κ2) is 4.60. The summed E-state index contributed by atoms with van der Waals surface area (Å²) < 4.78 is 4.52. The molecule has 1 heterocycles. The molecule has 14 heavy (non-hydrogen) atoms. The molecule has 0 spiro atoms. The van der Waals surface area contributed by atoms with Crippen LogP contribution in [-0.2, 0) is 4.74 Å². The van der Waals surface area contributed by atoms with Gasteiger partial charge in [-0.3, -0.25) is 0 Å². The Bertz CT molecular complexity index is 411. The zero-order valence-corrected chi connectivity index (χ0v) is 8.59. The number of pyridine rings is 1. The van der Waals surface area contributed by atoms with Crippen molar-refractivity contribution in [3.05, 3.63) is 23.5 Å². The second-order valence-electron chi connectivity index (χ2n) is 2.55. The molecule has 0 saturated carbocycles. The Morgan fingerprint density at radius 1 is 1.71 bits per heavy atom. The monoisotopic (exact) mass is 208 g/mol. The third-order valence-corrected chi connectivity index (χ3v) is 1.74. The Morgan fingerprint density at radius 3 is 2.93 bits per heavy atom. The van der Waals surface area contributed by atoms with Crippen LogP contribution >= 0.6 is 12.2 Å². The van der Waals surface area contributed by atoms with Crippen molar-refractivity contribution in [2.75, 3.05) is 7.11 Å². The standard InChI is InChI=1S/C9H8N2O2S/c1-6-3-7(9(12)13-2)10-4-8(6)11-5-14/h3-4H,1-2H3. The minimum absolute atomic E-state index is 0.258. The number of nitrogens with zero attached hydrogens (tertiary/aromatic N) is 2. The van der Waals surface area contributed by atoms with E-state index in [1.54, 1.807) is 13.0 Å². The van der Waals surface area contributed by atoms with Crippen molar-refractivity contribution in [1.82, 2.24) is 4.98 Å². The molecular weight excluding hydrogens is 200 g/mol. The summed E-state index contributed by atoms with van der Waals surface area (Å²) in [5.74, 6) is -0.467. The van der Waals surface area contributed by atoms with Crippen molar-refractivity contribution in [3.8, 4) is 0 Å². The number of carbonyl (C=O) groups is 1. The average Bonchev–Trinajstić information content (AvgIpc) is 2.20.